The second-order valence-corrected chi connectivity index (χ2v) is 5.38. The Hall–Kier alpha value is -1.60. The standard InChI is InChI=1S/C16H18N/c1-3-8-17(2)11-15-9-13-6-4-5-7-14(13)10-16(15)12-17/h3-7,9-10H,1,8,11-12H2,2H3/q+1. The van der Waals surface area contributed by atoms with E-state index >= 15 is 0 Å². The predicted molar refractivity (Wildman–Crippen MR) is 72.6 cm³/mol. The van der Waals surface area contributed by atoms with Crippen molar-refractivity contribution < 1.29 is 4.48 Å². The molecule has 0 fully saturated rings. The van der Waals surface area contributed by atoms with Crippen LogP contribution in [-0.4, -0.2) is 18.1 Å². The van der Waals surface area contributed by atoms with Gasteiger partial charge in [-0.3, -0.25) is 0 Å². The van der Waals surface area contributed by atoms with Crippen molar-refractivity contribution in [1.29, 1.82) is 0 Å². The summed E-state index contributed by atoms with van der Waals surface area (Å²) in [5.41, 5.74) is 3.01. The third-order valence-electron chi connectivity index (χ3n) is 3.74. The third kappa shape index (κ3) is 1.77. The van der Waals surface area contributed by atoms with Crippen molar-refractivity contribution in [2.75, 3.05) is 13.6 Å². The summed E-state index contributed by atoms with van der Waals surface area (Å²) in [6.07, 6.45) is 2.03. The van der Waals surface area contributed by atoms with Gasteiger partial charge in [0.2, 0.25) is 0 Å². The Balaban J connectivity index is 2.08. The summed E-state index contributed by atoms with van der Waals surface area (Å²) >= 11 is 0. The number of hydrogen-bond acceptors (Lipinski definition) is 0. The molecule has 0 N–H and O–H groups in total. The summed E-state index contributed by atoms with van der Waals surface area (Å²) in [7, 11) is 2.31. The van der Waals surface area contributed by atoms with E-state index in [1.807, 2.05) is 6.08 Å². The zero-order valence-electron chi connectivity index (χ0n) is 10.3. The van der Waals surface area contributed by atoms with E-state index < -0.39 is 0 Å². The molecule has 2 aromatic carbocycles. The first-order valence-corrected chi connectivity index (χ1v) is 6.15. The molecule has 0 aromatic heterocycles. The number of likely N-dealkylation sites (N-methyl/N-ethyl adjacent to an activating group) is 1. The fraction of sp³-hybridized carbons (Fsp3) is 0.250. The molecule has 0 amide bonds. The lowest BCUT2D eigenvalue weighted by Gasteiger charge is -2.27. The molecule has 1 heteroatoms. The topological polar surface area (TPSA) is 0 Å². The molecule has 0 radical (unpaired) electrons. The molecule has 0 saturated carbocycles. The predicted octanol–water partition coefficient (Wildman–Crippen LogP) is 3.49. The van der Waals surface area contributed by atoms with Crippen LogP contribution in [-0.2, 0) is 13.1 Å². The van der Waals surface area contributed by atoms with E-state index in [2.05, 4.69) is 50.0 Å². The van der Waals surface area contributed by atoms with Gasteiger partial charge in [0, 0.05) is 11.1 Å². The molecule has 3 rings (SSSR count). The first kappa shape index (κ1) is 10.5. The zero-order chi connectivity index (χ0) is 11.9. The molecule has 1 aliphatic heterocycles. The molecule has 1 aliphatic rings. The Bertz CT molecular complexity index is 539. The molecule has 0 unspecified atom stereocenters. The van der Waals surface area contributed by atoms with Gasteiger partial charge in [-0.15, -0.1) is 0 Å². The van der Waals surface area contributed by atoms with Crippen molar-refractivity contribution in [1.82, 2.24) is 0 Å². The maximum atomic E-state index is 3.87. The molecular formula is C16H18N+. The Morgan fingerprint density at radius 1 is 1.12 bits per heavy atom. The molecule has 17 heavy (non-hydrogen) atoms. The van der Waals surface area contributed by atoms with Gasteiger partial charge in [-0.2, -0.15) is 0 Å². The third-order valence-corrected chi connectivity index (χ3v) is 3.74. The Morgan fingerprint density at radius 2 is 1.65 bits per heavy atom. The van der Waals surface area contributed by atoms with Gasteiger partial charge in [0.25, 0.3) is 0 Å². The fourth-order valence-electron chi connectivity index (χ4n) is 2.95. The van der Waals surface area contributed by atoms with Gasteiger partial charge in [-0.1, -0.05) is 30.8 Å². The van der Waals surface area contributed by atoms with Gasteiger partial charge in [0.05, 0.1) is 13.6 Å². The molecule has 1 nitrogen and oxygen atoms in total. The highest BCUT2D eigenvalue weighted by molar-refractivity contribution is 5.84. The number of hydrogen-bond donors (Lipinski definition) is 0. The highest BCUT2D eigenvalue weighted by Crippen LogP contribution is 2.31. The average molecular weight is 224 g/mol. The van der Waals surface area contributed by atoms with E-state index in [9.17, 15) is 0 Å². The first-order valence-electron chi connectivity index (χ1n) is 6.15. The van der Waals surface area contributed by atoms with Crippen LogP contribution >= 0.6 is 0 Å². The minimum absolute atomic E-state index is 1.05. The quantitative estimate of drug-likeness (QED) is 0.541. The Kier molecular flexibility index (Phi) is 2.30. The molecule has 0 saturated heterocycles. The summed E-state index contributed by atoms with van der Waals surface area (Å²) < 4.78 is 1.06. The fourth-order valence-corrected chi connectivity index (χ4v) is 2.95. The summed E-state index contributed by atoms with van der Waals surface area (Å²) in [5, 5.41) is 2.72. The Morgan fingerprint density at radius 3 is 2.12 bits per heavy atom. The van der Waals surface area contributed by atoms with Crippen LogP contribution in [0.4, 0.5) is 0 Å². The monoisotopic (exact) mass is 224 g/mol. The molecule has 0 bridgehead atoms. The van der Waals surface area contributed by atoms with Gasteiger partial charge in [0.15, 0.2) is 0 Å². The van der Waals surface area contributed by atoms with E-state index in [4.69, 9.17) is 0 Å². The average Bonchev–Trinajstić information content (AvgIpc) is 2.61. The van der Waals surface area contributed by atoms with Crippen molar-refractivity contribution in [3.05, 3.63) is 60.2 Å². The highest BCUT2D eigenvalue weighted by atomic mass is 15.3. The summed E-state index contributed by atoms with van der Waals surface area (Å²) in [4.78, 5) is 0. The summed E-state index contributed by atoms with van der Waals surface area (Å²) in [6.45, 7) is 7.18. The van der Waals surface area contributed by atoms with E-state index in [0.29, 0.717) is 0 Å². The summed E-state index contributed by atoms with van der Waals surface area (Å²) in [6, 6.07) is 13.3. The first-order chi connectivity index (χ1) is 8.20. The number of quaternary nitrogens is 1. The normalized spacial score (nSPS) is 17.0. The lowest BCUT2D eigenvalue weighted by molar-refractivity contribution is -0.923. The number of nitrogens with zero attached hydrogens (tertiary/aromatic N) is 1. The van der Waals surface area contributed by atoms with Gasteiger partial charge in [-0.05, 0) is 29.0 Å². The zero-order valence-corrected chi connectivity index (χ0v) is 10.3. The van der Waals surface area contributed by atoms with E-state index in [0.717, 1.165) is 24.1 Å². The van der Waals surface area contributed by atoms with Crippen molar-refractivity contribution >= 4 is 10.8 Å². The van der Waals surface area contributed by atoms with Crippen LogP contribution in [0, 0.1) is 0 Å². The largest absolute Gasteiger partial charge is 0.315 e. The van der Waals surface area contributed by atoms with E-state index in [1.165, 1.54) is 21.9 Å². The smallest absolute Gasteiger partial charge is 0.105 e. The molecule has 0 aliphatic carbocycles. The number of fused-ring (bicyclic) bond motifs is 2. The van der Waals surface area contributed by atoms with Crippen LogP contribution in [0.15, 0.2) is 49.1 Å². The van der Waals surface area contributed by atoms with Gasteiger partial charge >= 0.3 is 0 Å². The minimum atomic E-state index is 1.05. The number of rotatable bonds is 2. The molecule has 0 atom stereocenters. The van der Waals surface area contributed by atoms with Crippen LogP contribution in [0.1, 0.15) is 11.1 Å². The maximum absolute atomic E-state index is 3.87. The van der Waals surface area contributed by atoms with Crippen LogP contribution < -0.4 is 0 Å². The molecule has 2 aromatic rings. The maximum Gasteiger partial charge on any atom is 0.105 e. The lowest BCUT2D eigenvalue weighted by Crippen LogP contribution is -2.37. The van der Waals surface area contributed by atoms with Crippen LogP contribution in [0.3, 0.4) is 0 Å². The number of benzene rings is 2. The molecule has 1 heterocycles. The van der Waals surface area contributed by atoms with Crippen molar-refractivity contribution in [3.8, 4) is 0 Å². The van der Waals surface area contributed by atoms with Crippen LogP contribution in [0.25, 0.3) is 10.8 Å². The molecule has 0 spiro atoms. The Labute approximate surface area is 103 Å². The highest BCUT2D eigenvalue weighted by Gasteiger charge is 2.30. The lowest BCUT2D eigenvalue weighted by atomic mass is 10.0. The van der Waals surface area contributed by atoms with E-state index in [1.54, 1.807) is 0 Å². The van der Waals surface area contributed by atoms with Gasteiger partial charge < -0.3 is 4.48 Å². The second kappa shape index (κ2) is 3.71. The van der Waals surface area contributed by atoms with E-state index in [-0.39, 0.29) is 0 Å². The second-order valence-electron chi connectivity index (χ2n) is 5.38. The van der Waals surface area contributed by atoms with Gasteiger partial charge in [-0.25, -0.2) is 0 Å². The van der Waals surface area contributed by atoms with Gasteiger partial charge in [0.1, 0.15) is 13.1 Å². The van der Waals surface area contributed by atoms with Crippen molar-refractivity contribution in [2.45, 2.75) is 13.1 Å². The van der Waals surface area contributed by atoms with Crippen LogP contribution in [0.5, 0.6) is 0 Å². The minimum Gasteiger partial charge on any atom is -0.315 e. The molecular weight excluding hydrogens is 206 g/mol. The molecule has 86 valence electrons. The van der Waals surface area contributed by atoms with Crippen molar-refractivity contribution in [3.63, 3.8) is 0 Å². The summed E-state index contributed by atoms with van der Waals surface area (Å²) in [5.74, 6) is 0. The van der Waals surface area contributed by atoms with Crippen LogP contribution in [0.2, 0.25) is 0 Å². The van der Waals surface area contributed by atoms with Crippen molar-refractivity contribution in [2.24, 2.45) is 0 Å². The SMILES string of the molecule is C=CC[N+]1(C)Cc2cc3ccccc3cc2C1.